The van der Waals surface area contributed by atoms with Crippen molar-refractivity contribution in [2.24, 2.45) is 5.10 Å². The summed E-state index contributed by atoms with van der Waals surface area (Å²) < 4.78 is 7.44. The van der Waals surface area contributed by atoms with Crippen molar-refractivity contribution in [3.05, 3.63) is 99.2 Å². The van der Waals surface area contributed by atoms with E-state index in [4.69, 9.17) is 27.9 Å². The molecule has 0 unspecified atom stereocenters. The van der Waals surface area contributed by atoms with E-state index in [1.165, 1.54) is 7.11 Å². The third-order valence-corrected chi connectivity index (χ3v) is 6.05. The molecule has 0 radical (unpaired) electrons. The third kappa shape index (κ3) is 4.35. The number of carbonyl (C=O) groups excluding carboxylic acids is 1. The SMILES string of the molecule is COc1ccccc1C(=O)N/N=C\c1c(C)n(Cc2ccc(Cl)c(Cl)c2)c2ccccc12. The number of hydrogen-bond donors (Lipinski definition) is 1. The molecule has 0 aliphatic heterocycles. The van der Waals surface area contributed by atoms with Crippen LogP contribution < -0.4 is 10.2 Å². The van der Waals surface area contributed by atoms with E-state index >= 15 is 0 Å². The fourth-order valence-electron chi connectivity index (χ4n) is 3.69. The molecule has 162 valence electrons. The first-order valence-electron chi connectivity index (χ1n) is 9.97. The minimum absolute atomic E-state index is 0.337. The van der Waals surface area contributed by atoms with Crippen LogP contribution in [0, 0.1) is 6.92 Å². The molecule has 3 aromatic carbocycles. The third-order valence-electron chi connectivity index (χ3n) is 5.32. The molecule has 0 fully saturated rings. The molecule has 0 aliphatic rings. The van der Waals surface area contributed by atoms with E-state index in [2.05, 4.69) is 21.2 Å². The van der Waals surface area contributed by atoms with Crippen LogP contribution in [0.2, 0.25) is 10.0 Å². The second-order valence-electron chi connectivity index (χ2n) is 7.25. The minimum atomic E-state index is -0.337. The molecule has 0 saturated carbocycles. The number of para-hydroxylation sites is 2. The summed E-state index contributed by atoms with van der Waals surface area (Å²) in [6.45, 7) is 2.66. The molecule has 0 saturated heterocycles. The van der Waals surface area contributed by atoms with Crippen molar-refractivity contribution in [3.8, 4) is 5.75 Å². The topological polar surface area (TPSA) is 55.6 Å². The number of carbonyl (C=O) groups is 1. The molecule has 0 bridgehead atoms. The second-order valence-corrected chi connectivity index (χ2v) is 8.06. The average Bonchev–Trinajstić information content (AvgIpc) is 3.07. The van der Waals surface area contributed by atoms with Gasteiger partial charge in [0.1, 0.15) is 5.75 Å². The number of amides is 1. The second kappa shape index (κ2) is 9.47. The van der Waals surface area contributed by atoms with Gasteiger partial charge in [-0.1, -0.05) is 59.6 Å². The van der Waals surface area contributed by atoms with Crippen LogP contribution in [0.3, 0.4) is 0 Å². The van der Waals surface area contributed by atoms with Gasteiger partial charge in [-0.15, -0.1) is 0 Å². The van der Waals surface area contributed by atoms with Gasteiger partial charge in [0.15, 0.2) is 0 Å². The Balaban J connectivity index is 1.64. The number of hydrazone groups is 1. The number of nitrogens with zero attached hydrogens (tertiary/aromatic N) is 2. The number of hydrogen-bond acceptors (Lipinski definition) is 3. The first kappa shape index (κ1) is 21.9. The largest absolute Gasteiger partial charge is 0.496 e. The number of aromatic nitrogens is 1. The van der Waals surface area contributed by atoms with Crippen LogP contribution in [0.25, 0.3) is 10.9 Å². The van der Waals surface area contributed by atoms with Crippen LogP contribution in [0.1, 0.15) is 27.2 Å². The fourth-order valence-corrected chi connectivity index (χ4v) is 4.01. The number of ether oxygens (including phenoxy) is 1. The summed E-state index contributed by atoms with van der Waals surface area (Å²) >= 11 is 12.3. The first-order chi connectivity index (χ1) is 15.5. The molecule has 5 nitrogen and oxygen atoms in total. The van der Waals surface area contributed by atoms with Gasteiger partial charge in [-0.05, 0) is 42.8 Å². The van der Waals surface area contributed by atoms with Gasteiger partial charge >= 0.3 is 0 Å². The van der Waals surface area contributed by atoms with Gasteiger partial charge in [-0.25, -0.2) is 5.43 Å². The monoisotopic (exact) mass is 465 g/mol. The van der Waals surface area contributed by atoms with E-state index in [-0.39, 0.29) is 5.91 Å². The summed E-state index contributed by atoms with van der Waals surface area (Å²) in [6.07, 6.45) is 1.68. The highest BCUT2D eigenvalue weighted by atomic mass is 35.5. The number of benzene rings is 3. The summed E-state index contributed by atoms with van der Waals surface area (Å²) in [5.74, 6) is 0.158. The molecule has 32 heavy (non-hydrogen) atoms. The molecule has 4 aromatic rings. The van der Waals surface area contributed by atoms with Gasteiger partial charge in [-0.3, -0.25) is 4.79 Å². The summed E-state index contributed by atoms with van der Waals surface area (Å²) in [5, 5.41) is 6.32. The Bertz CT molecular complexity index is 1330. The molecule has 1 amide bonds. The Morgan fingerprint density at radius 1 is 1.06 bits per heavy atom. The van der Waals surface area contributed by atoms with E-state index in [1.807, 2.05) is 43.3 Å². The first-order valence-corrected chi connectivity index (χ1v) is 10.7. The number of fused-ring (bicyclic) bond motifs is 1. The Labute approximate surface area is 196 Å². The number of halogens is 2. The number of rotatable bonds is 6. The van der Waals surface area contributed by atoms with Gasteiger partial charge < -0.3 is 9.30 Å². The van der Waals surface area contributed by atoms with Crippen molar-refractivity contribution in [1.29, 1.82) is 0 Å². The molecule has 0 spiro atoms. The predicted molar refractivity (Wildman–Crippen MR) is 130 cm³/mol. The summed E-state index contributed by atoms with van der Waals surface area (Å²) in [4.78, 5) is 12.5. The van der Waals surface area contributed by atoms with Crippen molar-refractivity contribution in [1.82, 2.24) is 9.99 Å². The average molecular weight is 466 g/mol. The predicted octanol–water partition coefficient (Wildman–Crippen LogP) is 6.08. The Morgan fingerprint density at radius 2 is 1.81 bits per heavy atom. The van der Waals surface area contributed by atoms with Gasteiger partial charge in [0.2, 0.25) is 0 Å². The van der Waals surface area contributed by atoms with Crippen LogP contribution in [0.4, 0.5) is 0 Å². The summed E-state index contributed by atoms with van der Waals surface area (Å²) in [6, 6.07) is 20.7. The van der Waals surface area contributed by atoms with Crippen molar-refractivity contribution >= 4 is 46.2 Å². The smallest absolute Gasteiger partial charge is 0.275 e. The maximum atomic E-state index is 12.5. The molecule has 0 aliphatic carbocycles. The van der Waals surface area contributed by atoms with Gasteiger partial charge in [-0.2, -0.15) is 5.10 Å². The molecule has 1 heterocycles. The van der Waals surface area contributed by atoms with Crippen molar-refractivity contribution in [2.75, 3.05) is 7.11 Å². The van der Waals surface area contributed by atoms with Crippen LogP contribution in [0.5, 0.6) is 5.75 Å². The Morgan fingerprint density at radius 3 is 2.59 bits per heavy atom. The van der Waals surface area contributed by atoms with Crippen LogP contribution >= 0.6 is 23.2 Å². The normalized spacial score (nSPS) is 11.2. The van der Waals surface area contributed by atoms with E-state index in [1.54, 1.807) is 30.5 Å². The molecule has 4 rings (SSSR count). The van der Waals surface area contributed by atoms with Crippen LogP contribution in [-0.2, 0) is 6.54 Å². The molecule has 7 heteroatoms. The standard InChI is InChI=1S/C25H21Cl2N3O2/c1-16-20(14-28-29-25(31)19-8-4-6-10-24(19)32-2)18-7-3-5-9-23(18)30(16)15-17-11-12-21(26)22(27)13-17/h3-14H,15H2,1-2H3,(H,29,31)/b28-14-. The zero-order valence-corrected chi connectivity index (χ0v) is 19.1. The summed E-state index contributed by atoms with van der Waals surface area (Å²) in [7, 11) is 1.53. The Kier molecular flexibility index (Phi) is 6.49. The zero-order valence-electron chi connectivity index (χ0n) is 17.6. The van der Waals surface area contributed by atoms with Crippen molar-refractivity contribution < 1.29 is 9.53 Å². The Hall–Kier alpha value is -3.28. The van der Waals surface area contributed by atoms with Crippen LogP contribution in [0.15, 0.2) is 71.8 Å². The van der Waals surface area contributed by atoms with E-state index in [9.17, 15) is 4.79 Å². The molecule has 1 N–H and O–H groups in total. The lowest BCUT2D eigenvalue weighted by molar-refractivity contribution is 0.0952. The van der Waals surface area contributed by atoms with Crippen molar-refractivity contribution in [2.45, 2.75) is 13.5 Å². The fraction of sp³-hybridized carbons (Fsp3) is 0.120. The maximum Gasteiger partial charge on any atom is 0.275 e. The highest BCUT2D eigenvalue weighted by Gasteiger charge is 2.14. The van der Waals surface area contributed by atoms with E-state index in [0.29, 0.717) is 27.9 Å². The molecular formula is C25H21Cl2N3O2. The molecule has 0 atom stereocenters. The molecule has 1 aromatic heterocycles. The highest BCUT2D eigenvalue weighted by molar-refractivity contribution is 6.42. The summed E-state index contributed by atoms with van der Waals surface area (Å²) in [5.41, 5.74) is 7.07. The van der Waals surface area contributed by atoms with Gasteiger partial charge in [0.25, 0.3) is 5.91 Å². The highest BCUT2D eigenvalue weighted by Crippen LogP contribution is 2.28. The number of nitrogens with one attached hydrogen (secondary N) is 1. The molecular weight excluding hydrogens is 445 g/mol. The van der Waals surface area contributed by atoms with Crippen LogP contribution in [-0.4, -0.2) is 23.8 Å². The maximum absolute atomic E-state index is 12.5. The van der Waals surface area contributed by atoms with Gasteiger partial charge in [0.05, 0.1) is 28.9 Å². The number of methoxy groups -OCH3 is 1. The zero-order chi connectivity index (χ0) is 22.7. The van der Waals surface area contributed by atoms with E-state index in [0.717, 1.165) is 27.7 Å². The minimum Gasteiger partial charge on any atom is -0.496 e. The lowest BCUT2D eigenvalue weighted by Gasteiger charge is -2.09. The lowest BCUT2D eigenvalue weighted by Crippen LogP contribution is -2.18. The lowest BCUT2D eigenvalue weighted by atomic mass is 10.1. The van der Waals surface area contributed by atoms with E-state index < -0.39 is 0 Å². The van der Waals surface area contributed by atoms with Gasteiger partial charge in [0, 0.05) is 28.7 Å². The van der Waals surface area contributed by atoms with Crippen molar-refractivity contribution in [3.63, 3.8) is 0 Å². The quantitative estimate of drug-likeness (QED) is 0.277.